The van der Waals surface area contributed by atoms with Gasteiger partial charge in [-0.05, 0) is 45.0 Å². The molecular formula is C17H27N3O. The molecule has 1 aromatic carbocycles. The number of nitrogens with one attached hydrogen (secondary N) is 1. The van der Waals surface area contributed by atoms with Crippen molar-refractivity contribution in [1.82, 2.24) is 10.2 Å². The van der Waals surface area contributed by atoms with E-state index >= 15 is 0 Å². The molecule has 0 unspecified atom stereocenters. The number of rotatable bonds is 6. The Morgan fingerprint density at radius 2 is 1.95 bits per heavy atom. The maximum atomic E-state index is 12.1. The van der Waals surface area contributed by atoms with Crippen LogP contribution in [0.1, 0.15) is 25.7 Å². The highest BCUT2D eigenvalue weighted by atomic mass is 16.2. The summed E-state index contributed by atoms with van der Waals surface area (Å²) in [6, 6.07) is 11.0. The molecule has 1 aromatic rings. The quantitative estimate of drug-likeness (QED) is 0.815. The van der Waals surface area contributed by atoms with E-state index in [1.54, 1.807) is 0 Å². The number of amides is 1. The maximum absolute atomic E-state index is 12.1. The van der Waals surface area contributed by atoms with Crippen LogP contribution in [0.2, 0.25) is 0 Å². The second-order valence-corrected chi connectivity index (χ2v) is 5.77. The Morgan fingerprint density at radius 1 is 1.29 bits per heavy atom. The summed E-state index contributed by atoms with van der Waals surface area (Å²) >= 11 is 0. The Bertz CT molecular complexity index is 427. The van der Waals surface area contributed by atoms with Crippen LogP contribution in [0.25, 0.3) is 0 Å². The molecule has 1 N–H and O–H groups in total. The van der Waals surface area contributed by atoms with Gasteiger partial charge >= 0.3 is 0 Å². The lowest BCUT2D eigenvalue weighted by Gasteiger charge is -2.38. The zero-order chi connectivity index (χ0) is 15.1. The van der Waals surface area contributed by atoms with Gasteiger partial charge in [0.25, 0.3) is 0 Å². The Hall–Kier alpha value is -1.55. The Kier molecular flexibility index (Phi) is 6.05. The summed E-state index contributed by atoms with van der Waals surface area (Å²) in [7, 11) is 4.08. The number of benzene rings is 1. The van der Waals surface area contributed by atoms with Crippen LogP contribution < -0.4 is 10.2 Å². The lowest BCUT2D eigenvalue weighted by atomic mass is 10.0. The van der Waals surface area contributed by atoms with Crippen molar-refractivity contribution in [2.75, 3.05) is 38.6 Å². The van der Waals surface area contributed by atoms with Crippen molar-refractivity contribution < 1.29 is 4.79 Å². The Labute approximate surface area is 128 Å². The zero-order valence-electron chi connectivity index (χ0n) is 13.2. The van der Waals surface area contributed by atoms with Crippen LogP contribution >= 0.6 is 0 Å². The largest absolute Gasteiger partial charge is 0.371 e. The van der Waals surface area contributed by atoms with Gasteiger partial charge in [0.1, 0.15) is 0 Å². The minimum atomic E-state index is 0.311. The summed E-state index contributed by atoms with van der Waals surface area (Å²) in [4.78, 5) is 16.5. The lowest BCUT2D eigenvalue weighted by molar-refractivity contribution is -0.132. The lowest BCUT2D eigenvalue weighted by Crippen LogP contribution is -2.45. The average Bonchev–Trinajstić information content (AvgIpc) is 2.55. The third-order valence-electron chi connectivity index (χ3n) is 4.35. The number of nitrogens with zero attached hydrogens (tertiary/aromatic N) is 2. The second-order valence-electron chi connectivity index (χ2n) is 5.77. The van der Waals surface area contributed by atoms with Crippen molar-refractivity contribution in [3.05, 3.63) is 30.3 Å². The summed E-state index contributed by atoms with van der Waals surface area (Å²) in [5, 5.41) is 3.09. The first-order chi connectivity index (χ1) is 10.2. The first-order valence-electron chi connectivity index (χ1n) is 7.92. The molecule has 0 radical (unpaired) electrons. The third-order valence-corrected chi connectivity index (χ3v) is 4.35. The summed E-state index contributed by atoms with van der Waals surface area (Å²) in [5.74, 6) is 0.311. The molecule has 2 rings (SSSR count). The number of likely N-dealkylation sites (tertiary alicyclic amines) is 1. The average molecular weight is 289 g/mol. The standard InChI is InChI=1S/C17H27N3O/c1-18-12-6-9-17(21)20-13-10-16(11-14-20)19(2)15-7-4-3-5-8-15/h3-5,7-8,16,18H,6,9-14H2,1-2H3. The van der Waals surface area contributed by atoms with E-state index in [0.717, 1.165) is 38.9 Å². The molecule has 21 heavy (non-hydrogen) atoms. The summed E-state index contributed by atoms with van der Waals surface area (Å²) in [5.41, 5.74) is 1.26. The van der Waals surface area contributed by atoms with Gasteiger partial charge in [0.2, 0.25) is 5.91 Å². The van der Waals surface area contributed by atoms with Gasteiger partial charge in [-0.1, -0.05) is 18.2 Å². The molecule has 4 heteroatoms. The van der Waals surface area contributed by atoms with Crippen molar-refractivity contribution in [2.24, 2.45) is 0 Å². The SMILES string of the molecule is CNCCCC(=O)N1CCC(N(C)c2ccccc2)CC1. The number of para-hydroxylation sites is 1. The highest BCUT2D eigenvalue weighted by molar-refractivity contribution is 5.76. The fourth-order valence-corrected chi connectivity index (χ4v) is 2.95. The molecule has 4 nitrogen and oxygen atoms in total. The summed E-state index contributed by atoms with van der Waals surface area (Å²) in [6.07, 6.45) is 3.71. The number of carbonyl (C=O) groups excluding carboxylic acids is 1. The monoisotopic (exact) mass is 289 g/mol. The van der Waals surface area contributed by atoms with Crippen LogP contribution in [-0.2, 0) is 4.79 Å². The van der Waals surface area contributed by atoms with Crippen LogP contribution in [0.15, 0.2) is 30.3 Å². The van der Waals surface area contributed by atoms with Gasteiger partial charge in [-0.3, -0.25) is 4.79 Å². The number of piperidine rings is 1. The summed E-state index contributed by atoms with van der Waals surface area (Å²) < 4.78 is 0. The molecule has 0 aliphatic carbocycles. The van der Waals surface area contributed by atoms with Gasteiger partial charge in [-0.2, -0.15) is 0 Å². The number of anilines is 1. The predicted molar refractivity (Wildman–Crippen MR) is 87.6 cm³/mol. The Morgan fingerprint density at radius 3 is 2.57 bits per heavy atom. The van der Waals surface area contributed by atoms with Gasteiger partial charge in [0.05, 0.1) is 0 Å². The molecule has 1 heterocycles. The van der Waals surface area contributed by atoms with Gasteiger partial charge in [-0.25, -0.2) is 0 Å². The molecule has 0 atom stereocenters. The van der Waals surface area contributed by atoms with E-state index in [2.05, 4.69) is 41.5 Å². The van der Waals surface area contributed by atoms with Gasteiger partial charge in [0.15, 0.2) is 0 Å². The predicted octanol–water partition coefficient (Wildman–Crippen LogP) is 2.11. The maximum Gasteiger partial charge on any atom is 0.222 e. The van der Waals surface area contributed by atoms with Crippen molar-refractivity contribution >= 4 is 11.6 Å². The van der Waals surface area contributed by atoms with E-state index in [-0.39, 0.29) is 0 Å². The fourth-order valence-electron chi connectivity index (χ4n) is 2.95. The van der Waals surface area contributed by atoms with Crippen LogP contribution in [0.3, 0.4) is 0 Å². The molecule has 0 saturated carbocycles. The minimum absolute atomic E-state index is 0.311. The molecule has 1 saturated heterocycles. The fraction of sp³-hybridized carbons (Fsp3) is 0.588. The first-order valence-corrected chi connectivity index (χ1v) is 7.92. The van der Waals surface area contributed by atoms with E-state index in [1.165, 1.54) is 5.69 Å². The van der Waals surface area contributed by atoms with E-state index in [1.807, 2.05) is 18.0 Å². The normalized spacial score (nSPS) is 16.0. The minimum Gasteiger partial charge on any atom is -0.371 e. The van der Waals surface area contributed by atoms with Crippen LogP contribution in [0.4, 0.5) is 5.69 Å². The number of carbonyl (C=O) groups is 1. The smallest absolute Gasteiger partial charge is 0.222 e. The molecule has 1 amide bonds. The molecule has 0 bridgehead atoms. The van der Waals surface area contributed by atoms with Crippen LogP contribution in [0.5, 0.6) is 0 Å². The van der Waals surface area contributed by atoms with Gasteiger partial charge in [-0.15, -0.1) is 0 Å². The van der Waals surface area contributed by atoms with Crippen LogP contribution in [0, 0.1) is 0 Å². The number of hydrogen-bond donors (Lipinski definition) is 1. The summed E-state index contributed by atoms with van der Waals surface area (Å²) in [6.45, 7) is 2.69. The van der Waals surface area contributed by atoms with E-state index in [9.17, 15) is 4.79 Å². The molecule has 1 aliphatic rings. The van der Waals surface area contributed by atoms with E-state index < -0.39 is 0 Å². The van der Waals surface area contributed by atoms with E-state index in [0.29, 0.717) is 18.4 Å². The highest BCUT2D eigenvalue weighted by Gasteiger charge is 2.24. The topological polar surface area (TPSA) is 35.6 Å². The molecule has 0 spiro atoms. The molecule has 116 valence electrons. The number of hydrogen-bond acceptors (Lipinski definition) is 3. The zero-order valence-corrected chi connectivity index (χ0v) is 13.2. The van der Waals surface area contributed by atoms with Crippen LogP contribution in [-0.4, -0.2) is 50.6 Å². The second kappa shape index (κ2) is 8.03. The van der Waals surface area contributed by atoms with Crippen molar-refractivity contribution in [2.45, 2.75) is 31.7 Å². The molecule has 0 aromatic heterocycles. The molecule has 1 aliphatic heterocycles. The molecule has 1 fully saturated rings. The molecular weight excluding hydrogens is 262 g/mol. The Balaban J connectivity index is 1.79. The highest BCUT2D eigenvalue weighted by Crippen LogP contribution is 2.22. The van der Waals surface area contributed by atoms with Gasteiger partial charge in [0, 0.05) is 38.3 Å². The van der Waals surface area contributed by atoms with E-state index in [4.69, 9.17) is 0 Å². The van der Waals surface area contributed by atoms with Crippen molar-refractivity contribution in [3.8, 4) is 0 Å². The first kappa shape index (κ1) is 15.8. The van der Waals surface area contributed by atoms with Gasteiger partial charge < -0.3 is 15.1 Å². The third kappa shape index (κ3) is 4.46. The van der Waals surface area contributed by atoms with Crippen molar-refractivity contribution in [1.29, 1.82) is 0 Å². The van der Waals surface area contributed by atoms with Crippen molar-refractivity contribution in [3.63, 3.8) is 0 Å².